The summed E-state index contributed by atoms with van der Waals surface area (Å²) in [7, 11) is 0. The van der Waals surface area contributed by atoms with Crippen LogP contribution in [0, 0.1) is 0 Å². The molecular formula is C19H26N6O2. The maximum absolute atomic E-state index is 12.3. The Morgan fingerprint density at radius 3 is 2.81 bits per heavy atom. The molecule has 4 rings (SSSR count). The van der Waals surface area contributed by atoms with Crippen LogP contribution in [0.3, 0.4) is 0 Å². The van der Waals surface area contributed by atoms with Gasteiger partial charge in [0.2, 0.25) is 0 Å². The van der Waals surface area contributed by atoms with Gasteiger partial charge in [0.1, 0.15) is 11.9 Å². The Morgan fingerprint density at radius 2 is 2.11 bits per heavy atom. The quantitative estimate of drug-likeness (QED) is 0.710. The third-order valence-corrected chi connectivity index (χ3v) is 5.08. The molecule has 1 aliphatic heterocycles. The van der Waals surface area contributed by atoms with Crippen LogP contribution in [0.5, 0.6) is 6.01 Å². The molecule has 1 atom stereocenters. The molecule has 1 saturated heterocycles. The summed E-state index contributed by atoms with van der Waals surface area (Å²) in [5.41, 5.74) is 3.04. The predicted octanol–water partition coefficient (Wildman–Crippen LogP) is 2.39. The number of carbonyl (C=O) groups is 1. The van der Waals surface area contributed by atoms with E-state index < -0.39 is 0 Å². The molecule has 144 valence electrons. The highest BCUT2D eigenvalue weighted by Crippen LogP contribution is 2.31. The smallest absolute Gasteiger partial charge is 0.330 e. The highest BCUT2D eigenvalue weighted by Gasteiger charge is 2.27. The first-order valence-electron chi connectivity index (χ1n) is 9.58. The molecule has 3 heterocycles. The minimum Gasteiger partial charge on any atom is -0.390 e. The zero-order chi connectivity index (χ0) is 19.0. The summed E-state index contributed by atoms with van der Waals surface area (Å²) < 4.78 is 5.47. The van der Waals surface area contributed by atoms with Crippen LogP contribution < -0.4 is 15.4 Å². The Hall–Kier alpha value is -2.48. The van der Waals surface area contributed by atoms with Gasteiger partial charge in [-0.2, -0.15) is 15.1 Å². The van der Waals surface area contributed by atoms with E-state index in [1.807, 2.05) is 6.07 Å². The number of carbonyl (C=O) groups excluding carboxylic acids is 1. The van der Waals surface area contributed by atoms with Gasteiger partial charge in [-0.05, 0) is 38.6 Å². The monoisotopic (exact) mass is 370 g/mol. The van der Waals surface area contributed by atoms with E-state index in [0.717, 1.165) is 55.6 Å². The molecule has 0 spiro atoms. The van der Waals surface area contributed by atoms with Gasteiger partial charge in [0.15, 0.2) is 5.82 Å². The number of nitrogens with one attached hydrogen (secondary N) is 3. The van der Waals surface area contributed by atoms with Gasteiger partial charge in [-0.1, -0.05) is 20.8 Å². The predicted molar refractivity (Wildman–Crippen MR) is 101 cm³/mol. The maximum atomic E-state index is 12.3. The standard InChI is InChI=1S/C19H26N6O2/c1-19(2,3)14-10-15(25-24-14)22-16-11-6-4-7-12(11)21-18(23-16)27-17(26)13-8-5-9-20-13/h10,13,20H,4-9H2,1-3H3,(H2,21,22,23,24,25)/t13-/m0/s1. The first kappa shape index (κ1) is 17.9. The molecule has 8 heteroatoms. The molecule has 1 fully saturated rings. The van der Waals surface area contributed by atoms with Crippen molar-refractivity contribution in [3.05, 3.63) is 23.0 Å². The lowest BCUT2D eigenvalue weighted by molar-refractivity contribution is -0.136. The van der Waals surface area contributed by atoms with E-state index in [-0.39, 0.29) is 23.4 Å². The van der Waals surface area contributed by atoms with E-state index in [9.17, 15) is 4.79 Å². The van der Waals surface area contributed by atoms with Crippen LogP contribution in [0.25, 0.3) is 0 Å². The average Bonchev–Trinajstić information content (AvgIpc) is 3.35. The number of nitrogens with zero attached hydrogens (tertiary/aromatic N) is 3. The second-order valence-electron chi connectivity index (χ2n) is 8.25. The second-order valence-corrected chi connectivity index (χ2v) is 8.25. The summed E-state index contributed by atoms with van der Waals surface area (Å²) in [4.78, 5) is 21.2. The van der Waals surface area contributed by atoms with Crippen molar-refractivity contribution >= 4 is 17.6 Å². The molecule has 0 radical (unpaired) electrons. The topological polar surface area (TPSA) is 105 Å². The van der Waals surface area contributed by atoms with Crippen LogP contribution in [0.1, 0.15) is 57.0 Å². The highest BCUT2D eigenvalue weighted by atomic mass is 16.5. The Morgan fingerprint density at radius 1 is 1.26 bits per heavy atom. The third-order valence-electron chi connectivity index (χ3n) is 5.08. The van der Waals surface area contributed by atoms with Crippen molar-refractivity contribution in [2.75, 3.05) is 11.9 Å². The lowest BCUT2D eigenvalue weighted by atomic mass is 9.92. The summed E-state index contributed by atoms with van der Waals surface area (Å²) in [6.07, 6.45) is 4.57. The van der Waals surface area contributed by atoms with Crippen molar-refractivity contribution < 1.29 is 9.53 Å². The van der Waals surface area contributed by atoms with Crippen LogP contribution >= 0.6 is 0 Å². The molecule has 0 aromatic carbocycles. The minimum atomic E-state index is -0.314. The first-order chi connectivity index (χ1) is 12.9. The van der Waals surface area contributed by atoms with Crippen molar-refractivity contribution in [2.24, 2.45) is 0 Å². The van der Waals surface area contributed by atoms with E-state index in [0.29, 0.717) is 11.6 Å². The van der Waals surface area contributed by atoms with Crippen LogP contribution in [0.2, 0.25) is 0 Å². The number of esters is 1. The lowest BCUT2D eigenvalue weighted by Crippen LogP contribution is -2.34. The average molecular weight is 370 g/mol. The largest absolute Gasteiger partial charge is 0.390 e. The number of anilines is 2. The summed E-state index contributed by atoms with van der Waals surface area (Å²) in [5, 5.41) is 13.8. The summed E-state index contributed by atoms with van der Waals surface area (Å²) in [5.74, 6) is 1.06. The third kappa shape index (κ3) is 3.80. The normalized spacial score (nSPS) is 19.1. The van der Waals surface area contributed by atoms with Crippen molar-refractivity contribution in [1.29, 1.82) is 0 Å². The van der Waals surface area contributed by atoms with Crippen LogP contribution in [-0.4, -0.2) is 38.7 Å². The number of rotatable bonds is 4. The molecule has 27 heavy (non-hydrogen) atoms. The number of aryl methyl sites for hydroxylation is 1. The molecule has 1 aliphatic carbocycles. The van der Waals surface area contributed by atoms with Crippen molar-refractivity contribution in [2.45, 2.75) is 64.3 Å². The molecule has 0 amide bonds. The minimum absolute atomic E-state index is 0.0183. The summed E-state index contributed by atoms with van der Waals surface area (Å²) in [6.45, 7) is 7.22. The van der Waals surface area contributed by atoms with E-state index in [2.05, 4.69) is 51.6 Å². The second kappa shape index (κ2) is 6.92. The number of hydrogen-bond donors (Lipinski definition) is 3. The van der Waals surface area contributed by atoms with Crippen LogP contribution in [-0.2, 0) is 23.1 Å². The van der Waals surface area contributed by atoms with Gasteiger partial charge < -0.3 is 15.4 Å². The van der Waals surface area contributed by atoms with Gasteiger partial charge >= 0.3 is 12.0 Å². The van der Waals surface area contributed by atoms with E-state index >= 15 is 0 Å². The van der Waals surface area contributed by atoms with Crippen molar-refractivity contribution in [3.8, 4) is 6.01 Å². The maximum Gasteiger partial charge on any atom is 0.330 e. The van der Waals surface area contributed by atoms with Gasteiger partial charge in [0.05, 0.1) is 5.69 Å². The number of fused-ring (bicyclic) bond motifs is 1. The Kier molecular flexibility index (Phi) is 4.59. The van der Waals surface area contributed by atoms with Gasteiger partial charge in [-0.15, -0.1) is 0 Å². The summed E-state index contributed by atoms with van der Waals surface area (Å²) in [6, 6.07) is 1.83. The molecule has 3 N–H and O–H groups in total. The number of ether oxygens (including phenoxy) is 1. The number of aromatic amines is 1. The molecule has 2 aliphatic rings. The fourth-order valence-electron chi connectivity index (χ4n) is 3.50. The molecule has 2 aromatic heterocycles. The molecule has 0 unspecified atom stereocenters. The number of hydrogen-bond acceptors (Lipinski definition) is 7. The van der Waals surface area contributed by atoms with Crippen molar-refractivity contribution in [1.82, 2.24) is 25.5 Å². The van der Waals surface area contributed by atoms with Gasteiger partial charge in [0, 0.05) is 22.7 Å². The Labute approximate surface area is 158 Å². The SMILES string of the molecule is CC(C)(C)c1cc(Nc2nc(OC(=O)[C@@H]3CCCN3)nc3c2CCC3)n[nH]1. The molecule has 0 saturated carbocycles. The molecule has 2 aromatic rings. The van der Waals surface area contributed by atoms with E-state index in [4.69, 9.17) is 4.74 Å². The van der Waals surface area contributed by atoms with E-state index in [1.54, 1.807) is 0 Å². The van der Waals surface area contributed by atoms with Crippen molar-refractivity contribution in [3.63, 3.8) is 0 Å². The number of aromatic nitrogens is 4. The fourth-order valence-corrected chi connectivity index (χ4v) is 3.50. The fraction of sp³-hybridized carbons (Fsp3) is 0.579. The molecule has 8 nitrogen and oxygen atoms in total. The highest BCUT2D eigenvalue weighted by molar-refractivity contribution is 5.78. The lowest BCUT2D eigenvalue weighted by Gasteiger charge is -2.14. The Balaban J connectivity index is 1.57. The van der Waals surface area contributed by atoms with Gasteiger partial charge in [-0.3, -0.25) is 5.10 Å². The molecular weight excluding hydrogens is 344 g/mol. The van der Waals surface area contributed by atoms with Gasteiger partial charge in [0.25, 0.3) is 0 Å². The number of H-pyrrole nitrogens is 1. The van der Waals surface area contributed by atoms with Crippen LogP contribution in [0.4, 0.5) is 11.6 Å². The van der Waals surface area contributed by atoms with Crippen LogP contribution in [0.15, 0.2) is 6.07 Å². The zero-order valence-corrected chi connectivity index (χ0v) is 16.1. The zero-order valence-electron chi connectivity index (χ0n) is 16.1. The summed E-state index contributed by atoms with van der Waals surface area (Å²) >= 11 is 0. The Bertz CT molecular complexity index is 848. The van der Waals surface area contributed by atoms with E-state index in [1.165, 1.54) is 0 Å². The molecule has 0 bridgehead atoms. The first-order valence-corrected chi connectivity index (χ1v) is 9.58. The van der Waals surface area contributed by atoms with Gasteiger partial charge in [-0.25, -0.2) is 4.79 Å².